The number of aromatic amines is 2. The number of hydrogen-bond donors (Lipinski definition) is 9. The Bertz CT molecular complexity index is 2050. The van der Waals surface area contributed by atoms with Crippen molar-refractivity contribution in [3.05, 3.63) is 72.3 Å². The molecule has 340 valence electrons. The minimum Gasteiger partial charge on any atom is -0.481 e. The van der Waals surface area contributed by atoms with Crippen molar-refractivity contribution in [2.75, 3.05) is 13.1 Å². The Balaban J connectivity index is 1.29. The number of nitrogens with zero attached hydrogens (tertiary/aromatic N) is 4. The largest absolute Gasteiger partial charge is 0.481 e. The molecule has 63 heavy (non-hydrogen) atoms. The van der Waals surface area contributed by atoms with Crippen LogP contribution in [0.4, 0.5) is 0 Å². The topological polar surface area (TPSA) is 315 Å². The molecule has 4 heterocycles. The number of aromatic nitrogens is 4. The minimum absolute atomic E-state index is 0.0545. The highest BCUT2D eigenvalue weighted by atomic mass is 16.4. The summed E-state index contributed by atoms with van der Waals surface area (Å²) in [5, 5.41) is 29.3. The highest BCUT2D eigenvalue weighted by molar-refractivity contribution is 5.97. The van der Waals surface area contributed by atoms with Crippen LogP contribution in [0.3, 0.4) is 0 Å². The highest BCUT2D eigenvalue weighted by Gasteiger charge is 2.44. The molecule has 2 aromatic heterocycles. The van der Waals surface area contributed by atoms with Gasteiger partial charge in [0.05, 0.1) is 18.7 Å². The number of benzene rings is 1. The first-order chi connectivity index (χ1) is 30.2. The summed E-state index contributed by atoms with van der Waals surface area (Å²) in [6.07, 6.45) is 7.07. The first-order valence-corrected chi connectivity index (χ1v) is 21.2. The van der Waals surface area contributed by atoms with Crippen molar-refractivity contribution in [3.8, 4) is 0 Å². The third-order valence-electron chi connectivity index (χ3n) is 11.6. The molecule has 0 spiro atoms. The van der Waals surface area contributed by atoms with Gasteiger partial charge in [0.1, 0.15) is 36.3 Å². The molecular formula is C42H57N11O10. The predicted molar refractivity (Wildman–Crippen MR) is 224 cm³/mol. The van der Waals surface area contributed by atoms with Gasteiger partial charge in [-0.25, -0.2) is 14.8 Å². The lowest BCUT2D eigenvalue weighted by Gasteiger charge is -2.33. The van der Waals surface area contributed by atoms with Crippen LogP contribution in [-0.4, -0.2) is 143 Å². The van der Waals surface area contributed by atoms with Crippen molar-refractivity contribution in [1.82, 2.24) is 51.0 Å². The van der Waals surface area contributed by atoms with E-state index in [2.05, 4.69) is 41.2 Å². The van der Waals surface area contributed by atoms with Gasteiger partial charge in [-0.2, -0.15) is 0 Å². The van der Waals surface area contributed by atoms with Crippen LogP contribution in [0.25, 0.3) is 0 Å². The maximum atomic E-state index is 14.4. The van der Waals surface area contributed by atoms with Crippen LogP contribution in [0.2, 0.25) is 0 Å². The number of carboxylic acids is 2. The van der Waals surface area contributed by atoms with E-state index in [0.717, 1.165) is 5.56 Å². The number of amides is 6. The Morgan fingerprint density at radius 3 is 1.95 bits per heavy atom. The quantitative estimate of drug-likeness (QED) is 0.0610. The Labute approximate surface area is 363 Å². The van der Waals surface area contributed by atoms with Gasteiger partial charge in [0.2, 0.25) is 35.4 Å². The number of carboxylic acid groups (broad SMARTS) is 2. The van der Waals surface area contributed by atoms with Crippen LogP contribution in [0.15, 0.2) is 55.4 Å². The maximum absolute atomic E-state index is 14.4. The second kappa shape index (κ2) is 22.5. The molecule has 10 N–H and O–H groups in total. The van der Waals surface area contributed by atoms with Gasteiger partial charge in [0, 0.05) is 56.1 Å². The monoisotopic (exact) mass is 875 g/mol. The van der Waals surface area contributed by atoms with Crippen LogP contribution in [-0.2, 0) is 57.6 Å². The van der Waals surface area contributed by atoms with Crippen molar-refractivity contribution < 1.29 is 48.6 Å². The van der Waals surface area contributed by atoms with Crippen molar-refractivity contribution >= 4 is 47.4 Å². The number of H-pyrrole nitrogens is 2. The molecule has 1 aromatic carbocycles. The van der Waals surface area contributed by atoms with E-state index in [1.807, 2.05) is 30.3 Å². The van der Waals surface area contributed by atoms with E-state index in [1.165, 1.54) is 34.8 Å². The van der Waals surface area contributed by atoms with Crippen molar-refractivity contribution in [3.63, 3.8) is 0 Å². The fourth-order valence-corrected chi connectivity index (χ4v) is 7.87. The summed E-state index contributed by atoms with van der Waals surface area (Å²) >= 11 is 0. The molecule has 21 nitrogen and oxygen atoms in total. The molecule has 2 saturated heterocycles. The third kappa shape index (κ3) is 12.9. The summed E-state index contributed by atoms with van der Waals surface area (Å²) in [4.78, 5) is 123. The number of rotatable bonds is 22. The second-order valence-corrected chi connectivity index (χ2v) is 16.1. The van der Waals surface area contributed by atoms with Crippen molar-refractivity contribution in [2.24, 2.45) is 11.7 Å². The SMILES string of the molecule is CCC(C)C(NC(=O)C(Cc1cnc[nH]1)NC(=O)C1CCCN1C(=O)C1CCCN1C(=O)C(Cc1cnc[nH]1)NC(=O)C(N)Cc1ccccc1)C(=O)NC(CCC(=O)O)C(=O)O. The lowest BCUT2D eigenvalue weighted by Crippen LogP contribution is -2.60. The molecule has 8 atom stereocenters. The molecular weight excluding hydrogens is 819 g/mol. The Morgan fingerprint density at radius 2 is 1.37 bits per heavy atom. The van der Waals surface area contributed by atoms with Gasteiger partial charge in [-0.1, -0.05) is 50.6 Å². The van der Waals surface area contributed by atoms with Crippen molar-refractivity contribution in [2.45, 2.75) is 120 Å². The number of likely N-dealkylation sites (tertiary alicyclic amines) is 2. The maximum Gasteiger partial charge on any atom is 0.326 e. The van der Waals surface area contributed by atoms with E-state index < -0.39 is 102 Å². The average Bonchev–Trinajstić information content (AvgIpc) is 4.12. The van der Waals surface area contributed by atoms with Gasteiger partial charge >= 0.3 is 11.9 Å². The second-order valence-electron chi connectivity index (χ2n) is 16.1. The Hall–Kier alpha value is -6.64. The summed E-state index contributed by atoms with van der Waals surface area (Å²) < 4.78 is 0. The molecule has 6 amide bonds. The van der Waals surface area contributed by atoms with Gasteiger partial charge in [-0.3, -0.25) is 33.6 Å². The van der Waals surface area contributed by atoms with E-state index in [0.29, 0.717) is 37.1 Å². The summed E-state index contributed by atoms with van der Waals surface area (Å²) in [5.74, 6) is -6.93. The molecule has 0 saturated carbocycles. The normalized spacial score (nSPS) is 18.9. The molecule has 21 heteroatoms. The summed E-state index contributed by atoms with van der Waals surface area (Å²) in [6, 6.07) is 1.15. The Kier molecular flexibility index (Phi) is 16.9. The predicted octanol–water partition coefficient (Wildman–Crippen LogP) is -0.595. The number of carbonyl (C=O) groups is 8. The third-order valence-corrected chi connectivity index (χ3v) is 11.6. The van der Waals surface area contributed by atoms with E-state index in [1.54, 1.807) is 13.8 Å². The summed E-state index contributed by atoms with van der Waals surface area (Å²) in [7, 11) is 0. The molecule has 5 rings (SSSR count). The van der Waals surface area contributed by atoms with Gasteiger partial charge in [-0.15, -0.1) is 0 Å². The number of nitrogens with two attached hydrogens (primary N) is 1. The van der Waals surface area contributed by atoms with Gasteiger partial charge in [0.15, 0.2) is 0 Å². The van der Waals surface area contributed by atoms with E-state index in [4.69, 9.17) is 10.8 Å². The fraction of sp³-hybridized carbons (Fsp3) is 0.524. The zero-order valence-electron chi connectivity index (χ0n) is 35.3. The first kappa shape index (κ1) is 47.4. The zero-order valence-corrected chi connectivity index (χ0v) is 35.3. The standard InChI is InChI=1S/C42H57N11O10/c1-3-24(2)35(39(59)48-29(42(62)63)13-14-34(54)55)51-37(57)30(18-26-20-44-22-46-26)49-38(58)32-11-7-15-52(32)41(61)33-12-8-16-53(33)40(60)31(19-27-21-45-23-47-27)50-36(56)28(43)17-25-9-5-4-6-10-25/h4-6,9-10,20-24,28-33,35H,3,7-8,11-19,43H2,1-2H3,(H,44,46)(H,45,47)(H,48,59)(H,49,58)(H,50,56)(H,51,57)(H,54,55)(H,62,63). The number of imidazole rings is 2. The minimum atomic E-state index is -1.53. The molecule has 0 radical (unpaired) electrons. The number of carbonyl (C=O) groups excluding carboxylic acids is 6. The molecule has 2 aliphatic heterocycles. The Morgan fingerprint density at radius 1 is 0.762 bits per heavy atom. The van der Waals surface area contributed by atoms with Crippen LogP contribution >= 0.6 is 0 Å². The molecule has 0 aliphatic carbocycles. The van der Waals surface area contributed by atoms with E-state index in [-0.39, 0.29) is 45.2 Å². The van der Waals surface area contributed by atoms with Crippen LogP contribution < -0.4 is 27.0 Å². The van der Waals surface area contributed by atoms with Gasteiger partial charge in [-0.05, 0) is 50.0 Å². The summed E-state index contributed by atoms with van der Waals surface area (Å²) in [6.45, 7) is 3.88. The van der Waals surface area contributed by atoms with Gasteiger partial charge in [0.25, 0.3) is 0 Å². The van der Waals surface area contributed by atoms with Crippen LogP contribution in [0.5, 0.6) is 0 Å². The van der Waals surface area contributed by atoms with E-state index >= 15 is 0 Å². The lowest BCUT2D eigenvalue weighted by atomic mass is 9.96. The first-order valence-electron chi connectivity index (χ1n) is 21.2. The zero-order chi connectivity index (χ0) is 45.6. The number of nitrogens with one attached hydrogen (secondary N) is 6. The number of hydrogen-bond acceptors (Lipinski definition) is 11. The van der Waals surface area contributed by atoms with Gasteiger partial charge < -0.3 is 57.0 Å². The van der Waals surface area contributed by atoms with E-state index in [9.17, 15) is 43.5 Å². The molecule has 0 bridgehead atoms. The smallest absolute Gasteiger partial charge is 0.326 e. The molecule has 2 aliphatic rings. The fourth-order valence-electron chi connectivity index (χ4n) is 7.87. The molecule has 3 aromatic rings. The van der Waals surface area contributed by atoms with Crippen LogP contribution in [0.1, 0.15) is 75.7 Å². The lowest BCUT2D eigenvalue weighted by molar-refractivity contribution is -0.148. The molecule has 2 fully saturated rings. The summed E-state index contributed by atoms with van der Waals surface area (Å²) in [5.41, 5.74) is 8.17. The highest BCUT2D eigenvalue weighted by Crippen LogP contribution is 2.26. The number of aliphatic carboxylic acids is 2. The molecule has 8 unspecified atom stereocenters. The van der Waals surface area contributed by atoms with Crippen molar-refractivity contribution in [1.29, 1.82) is 0 Å². The average molecular weight is 876 g/mol. The van der Waals surface area contributed by atoms with Crippen LogP contribution in [0, 0.1) is 5.92 Å².